The molecule has 2 aromatic rings. The average molecular weight is 296 g/mol. The normalized spacial score (nSPS) is 17.2. The van der Waals surface area contributed by atoms with E-state index in [1.807, 2.05) is 54.6 Å². The van der Waals surface area contributed by atoms with Gasteiger partial charge in [-0.25, -0.2) is 0 Å². The molecule has 1 unspecified atom stereocenters. The van der Waals surface area contributed by atoms with Crippen LogP contribution in [-0.2, 0) is 11.3 Å². The maximum absolute atomic E-state index is 12.0. The maximum atomic E-state index is 12.0. The molecule has 4 nitrogen and oxygen atoms in total. The van der Waals surface area contributed by atoms with Gasteiger partial charge in [0.2, 0.25) is 5.91 Å². The molecule has 1 aliphatic heterocycles. The minimum Gasteiger partial charge on any atom is -0.457 e. The molecule has 1 fully saturated rings. The van der Waals surface area contributed by atoms with Crippen molar-refractivity contribution in [3.8, 4) is 11.5 Å². The van der Waals surface area contributed by atoms with Crippen molar-refractivity contribution in [2.24, 2.45) is 5.92 Å². The van der Waals surface area contributed by atoms with Crippen LogP contribution in [0.4, 0.5) is 0 Å². The molecular weight excluding hydrogens is 276 g/mol. The molecule has 0 saturated carbocycles. The lowest BCUT2D eigenvalue weighted by molar-refractivity contribution is -0.124. The fraction of sp³-hybridized carbons (Fsp3) is 0.278. The Labute approximate surface area is 130 Å². The van der Waals surface area contributed by atoms with Gasteiger partial charge in [0.1, 0.15) is 11.5 Å². The molecule has 22 heavy (non-hydrogen) atoms. The Morgan fingerprint density at radius 2 is 1.82 bits per heavy atom. The van der Waals surface area contributed by atoms with Crippen LogP contribution in [0.3, 0.4) is 0 Å². The molecule has 1 saturated heterocycles. The van der Waals surface area contributed by atoms with Crippen molar-refractivity contribution >= 4 is 5.91 Å². The van der Waals surface area contributed by atoms with Gasteiger partial charge in [-0.1, -0.05) is 30.3 Å². The molecule has 0 radical (unpaired) electrons. The summed E-state index contributed by atoms with van der Waals surface area (Å²) in [7, 11) is 0. The highest BCUT2D eigenvalue weighted by molar-refractivity contribution is 5.79. The van der Waals surface area contributed by atoms with Gasteiger partial charge in [0, 0.05) is 13.1 Å². The molecule has 2 N–H and O–H groups in total. The summed E-state index contributed by atoms with van der Waals surface area (Å²) in [5.74, 6) is 1.86. The number of rotatable bonds is 5. The van der Waals surface area contributed by atoms with Gasteiger partial charge in [-0.05, 0) is 42.8 Å². The first-order chi connectivity index (χ1) is 10.8. The van der Waals surface area contributed by atoms with Crippen LogP contribution >= 0.6 is 0 Å². The summed E-state index contributed by atoms with van der Waals surface area (Å²) in [5, 5.41) is 6.19. The predicted octanol–water partition coefficient (Wildman–Crippen LogP) is 2.70. The quantitative estimate of drug-likeness (QED) is 0.892. The average Bonchev–Trinajstić information content (AvgIpc) is 3.09. The van der Waals surface area contributed by atoms with Crippen molar-refractivity contribution in [1.82, 2.24) is 10.6 Å². The molecule has 1 amide bonds. The van der Waals surface area contributed by atoms with E-state index in [0.717, 1.165) is 36.6 Å². The first kappa shape index (κ1) is 14.6. The van der Waals surface area contributed by atoms with E-state index in [9.17, 15) is 4.79 Å². The number of carbonyl (C=O) groups excluding carboxylic acids is 1. The van der Waals surface area contributed by atoms with E-state index in [-0.39, 0.29) is 11.8 Å². The van der Waals surface area contributed by atoms with Crippen LogP contribution in [0.25, 0.3) is 0 Å². The Balaban J connectivity index is 1.52. The van der Waals surface area contributed by atoms with Crippen LogP contribution < -0.4 is 15.4 Å². The Hall–Kier alpha value is -2.33. The first-order valence-corrected chi connectivity index (χ1v) is 7.61. The van der Waals surface area contributed by atoms with Gasteiger partial charge < -0.3 is 15.4 Å². The Morgan fingerprint density at radius 3 is 2.50 bits per heavy atom. The fourth-order valence-electron chi connectivity index (χ4n) is 2.51. The second kappa shape index (κ2) is 7.09. The van der Waals surface area contributed by atoms with E-state index in [1.165, 1.54) is 0 Å². The van der Waals surface area contributed by atoms with Crippen LogP contribution in [0.2, 0.25) is 0 Å². The number of nitrogens with one attached hydrogen (secondary N) is 2. The molecule has 2 aromatic carbocycles. The summed E-state index contributed by atoms with van der Waals surface area (Å²) in [6.07, 6.45) is 0.926. The largest absolute Gasteiger partial charge is 0.457 e. The summed E-state index contributed by atoms with van der Waals surface area (Å²) >= 11 is 0. The zero-order valence-electron chi connectivity index (χ0n) is 12.4. The molecular formula is C18H20N2O2. The van der Waals surface area contributed by atoms with E-state index >= 15 is 0 Å². The number of benzene rings is 2. The second-order valence-electron chi connectivity index (χ2n) is 5.47. The van der Waals surface area contributed by atoms with Crippen LogP contribution in [0.15, 0.2) is 54.6 Å². The van der Waals surface area contributed by atoms with Crippen molar-refractivity contribution in [2.75, 3.05) is 13.1 Å². The zero-order chi connectivity index (χ0) is 15.2. The monoisotopic (exact) mass is 296 g/mol. The van der Waals surface area contributed by atoms with E-state index in [4.69, 9.17) is 4.74 Å². The Morgan fingerprint density at radius 1 is 1.09 bits per heavy atom. The number of hydrogen-bond donors (Lipinski definition) is 2. The number of ether oxygens (including phenoxy) is 1. The highest BCUT2D eigenvalue weighted by Gasteiger charge is 2.21. The van der Waals surface area contributed by atoms with Gasteiger partial charge in [-0.3, -0.25) is 4.79 Å². The minimum absolute atomic E-state index is 0.112. The third kappa shape index (κ3) is 3.86. The lowest BCUT2D eigenvalue weighted by Crippen LogP contribution is -2.31. The molecule has 1 heterocycles. The minimum atomic E-state index is 0.112. The van der Waals surface area contributed by atoms with E-state index in [2.05, 4.69) is 10.6 Å². The fourth-order valence-corrected chi connectivity index (χ4v) is 2.51. The number of hydrogen-bond acceptors (Lipinski definition) is 3. The van der Waals surface area contributed by atoms with Crippen molar-refractivity contribution in [3.63, 3.8) is 0 Å². The predicted molar refractivity (Wildman–Crippen MR) is 85.8 cm³/mol. The first-order valence-electron chi connectivity index (χ1n) is 7.61. The molecule has 114 valence electrons. The van der Waals surface area contributed by atoms with Crippen LogP contribution in [-0.4, -0.2) is 19.0 Å². The molecule has 0 aliphatic carbocycles. The highest BCUT2D eigenvalue weighted by Crippen LogP contribution is 2.21. The molecule has 0 aromatic heterocycles. The van der Waals surface area contributed by atoms with Crippen LogP contribution in [0.1, 0.15) is 12.0 Å². The molecule has 3 rings (SSSR count). The third-order valence-corrected chi connectivity index (χ3v) is 3.80. The summed E-state index contributed by atoms with van der Waals surface area (Å²) in [6.45, 7) is 2.28. The SMILES string of the molecule is O=C(NCc1ccc(Oc2ccccc2)cc1)C1CCNC1. The number of para-hydroxylation sites is 1. The van der Waals surface area contributed by atoms with E-state index in [0.29, 0.717) is 6.54 Å². The topological polar surface area (TPSA) is 50.4 Å². The summed E-state index contributed by atoms with van der Waals surface area (Å²) in [4.78, 5) is 12.0. The number of amides is 1. The highest BCUT2D eigenvalue weighted by atomic mass is 16.5. The maximum Gasteiger partial charge on any atom is 0.224 e. The van der Waals surface area contributed by atoms with Crippen molar-refractivity contribution in [3.05, 3.63) is 60.2 Å². The van der Waals surface area contributed by atoms with Crippen molar-refractivity contribution in [2.45, 2.75) is 13.0 Å². The molecule has 4 heteroatoms. The zero-order valence-corrected chi connectivity index (χ0v) is 12.4. The van der Waals surface area contributed by atoms with Gasteiger partial charge in [0.05, 0.1) is 5.92 Å². The summed E-state index contributed by atoms with van der Waals surface area (Å²) in [5.41, 5.74) is 1.07. The molecule has 1 atom stereocenters. The summed E-state index contributed by atoms with van der Waals surface area (Å²) < 4.78 is 5.74. The molecule has 1 aliphatic rings. The van der Waals surface area contributed by atoms with Crippen LogP contribution in [0, 0.1) is 5.92 Å². The van der Waals surface area contributed by atoms with Crippen molar-refractivity contribution < 1.29 is 9.53 Å². The van der Waals surface area contributed by atoms with Gasteiger partial charge in [-0.2, -0.15) is 0 Å². The standard InChI is InChI=1S/C18H20N2O2/c21-18(15-10-11-19-13-15)20-12-14-6-8-17(9-7-14)22-16-4-2-1-3-5-16/h1-9,15,19H,10-13H2,(H,20,21). The van der Waals surface area contributed by atoms with Gasteiger partial charge in [0.15, 0.2) is 0 Å². The van der Waals surface area contributed by atoms with E-state index in [1.54, 1.807) is 0 Å². The van der Waals surface area contributed by atoms with Crippen molar-refractivity contribution in [1.29, 1.82) is 0 Å². The lowest BCUT2D eigenvalue weighted by atomic mass is 10.1. The smallest absolute Gasteiger partial charge is 0.224 e. The van der Waals surface area contributed by atoms with Gasteiger partial charge >= 0.3 is 0 Å². The second-order valence-corrected chi connectivity index (χ2v) is 5.47. The number of carbonyl (C=O) groups is 1. The Kier molecular flexibility index (Phi) is 4.71. The summed E-state index contributed by atoms with van der Waals surface area (Å²) in [6, 6.07) is 17.5. The van der Waals surface area contributed by atoms with Gasteiger partial charge in [-0.15, -0.1) is 0 Å². The third-order valence-electron chi connectivity index (χ3n) is 3.80. The molecule has 0 bridgehead atoms. The van der Waals surface area contributed by atoms with Crippen LogP contribution in [0.5, 0.6) is 11.5 Å². The van der Waals surface area contributed by atoms with Gasteiger partial charge in [0.25, 0.3) is 0 Å². The molecule has 0 spiro atoms. The van der Waals surface area contributed by atoms with E-state index < -0.39 is 0 Å². The Bertz CT molecular complexity index is 605. The lowest BCUT2D eigenvalue weighted by Gasteiger charge is -2.10.